The lowest BCUT2D eigenvalue weighted by atomic mass is 10.4. The van der Waals surface area contributed by atoms with Crippen LogP contribution in [-0.4, -0.2) is 44.7 Å². The summed E-state index contributed by atoms with van der Waals surface area (Å²) in [6.07, 6.45) is 2.02. The highest BCUT2D eigenvalue weighted by Gasteiger charge is 2.19. The molecule has 0 atom stereocenters. The topological polar surface area (TPSA) is 66.5 Å². The number of halogens is 1. The van der Waals surface area contributed by atoms with Crippen LogP contribution in [0.2, 0.25) is 5.02 Å². The molecule has 0 spiro atoms. The van der Waals surface area contributed by atoms with Crippen LogP contribution in [0.5, 0.6) is 0 Å². The van der Waals surface area contributed by atoms with Crippen LogP contribution in [0.15, 0.2) is 29.2 Å². The van der Waals surface area contributed by atoms with Gasteiger partial charge < -0.3 is 10.2 Å². The second-order valence-corrected chi connectivity index (χ2v) is 7.24. The molecule has 5 nitrogen and oxygen atoms in total. The Bertz CT molecular complexity index is 566. The molecule has 0 unspecified atom stereocenters. The van der Waals surface area contributed by atoms with Crippen molar-refractivity contribution >= 4 is 27.5 Å². The Kier molecular flexibility index (Phi) is 4.88. The van der Waals surface area contributed by atoms with Gasteiger partial charge in [0.1, 0.15) is 0 Å². The number of sulfone groups is 1. The van der Waals surface area contributed by atoms with Gasteiger partial charge in [0.15, 0.2) is 9.84 Å². The fourth-order valence-electron chi connectivity index (χ4n) is 2.08. The summed E-state index contributed by atoms with van der Waals surface area (Å²) in [4.78, 5) is 13.6. The predicted molar refractivity (Wildman–Crippen MR) is 77.7 cm³/mol. The van der Waals surface area contributed by atoms with Gasteiger partial charge in [-0.25, -0.2) is 13.2 Å². The van der Waals surface area contributed by atoms with Crippen molar-refractivity contribution in [2.24, 2.45) is 0 Å². The zero-order valence-electron chi connectivity index (χ0n) is 11.0. The van der Waals surface area contributed by atoms with E-state index in [9.17, 15) is 13.2 Å². The largest absolute Gasteiger partial charge is 0.337 e. The van der Waals surface area contributed by atoms with Gasteiger partial charge in [0.25, 0.3) is 0 Å². The summed E-state index contributed by atoms with van der Waals surface area (Å²) >= 11 is 5.72. The first kappa shape index (κ1) is 15.1. The van der Waals surface area contributed by atoms with Crippen molar-refractivity contribution in [3.63, 3.8) is 0 Å². The number of likely N-dealkylation sites (tertiary alicyclic amines) is 1. The number of nitrogens with one attached hydrogen (secondary N) is 1. The van der Waals surface area contributed by atoms with Gasteiger partial charge in [0, 0.05) is 24.7 Å². The molecule has 1 aromatic carbocycles. The molecule has 2 rings (SSSR count). The molecule has 0 aliphatic carbocycles. The minimum absolute atomic E-state index is 0.111. The molecule has 7 heteroatoms. The number of amides is 2. The van der Waals surface area contributed by atoms with E-state index in [1.54, 1.807) is 4.90 Å². The highest BCUT2D eigenvalue weighted by atomic mass is 35.5. The summed E-state index contributed by atoms with van der Waals surface area (Å²) in [5, 5.41) is 3.14. The molecular weight excluding hydrogens is 300 g/mol. The number of carbonyl (C=O) groups is 1. The SMILES string of the molecule is O=C(NCCS(=O)(=O)c1ccc(Cl)cc1)N1CCCC1. The van der Waals surface area contributed by atoms with Crippen molar-refractivity contribution in [1.82, 2.24) is 10.2 Å². The summed E-state index contributed by atoms with van der Waals surface area (Å²) in [5.41, 5.74) is 0. The Morgan fingerprint density at radius 1 is 1.20 bits per heavy atom. The molecule has 0 bridgehead atoms. The van der Waals surface area contributed by atoms with E-state index in [-0.39, 0.29) is 23.2 Å². The van der Waals surface area contributed by atoms with E-state index in [0.29, 0.717) is 5.02 Å². The van der Waals surface area contributed by atoms with Crippen LogP contribution < -0.4 is 5.32 Å². The average Bonchev–Trinajstić information content (AvgIpc) is 2.93. The monoisotopic (exact) mass is 316 g/mol. The lowest BCUT2D eigenvalue weighted by Gasteiger charge is -2.16. The third-order valence-electron chi connectivity index (χ3n) is 3.21. The highest BCUT2D eigenvalue weighted by molar-refractivity contribution is 7.91. The van der Waals surface area contributed by atoms with E-state index in [1.165, 1.54) is 24.3 Å². The fourth-order valence-corrected chi connectivity index (χ4v) is 3.37. The maximum Gasteiger partial charge on any atom is 0.317 e. The van der Waals surface area contributed by atoms with Crippen LogP contribution in [0, 0.1) is 0 Å². The molecule has 1 N–H and O–H groups in total. The van der Waals surface area contributed by atoms with Crippen molar-refractivity contribution in [3.8, 4) is 0 Å². The summed E-state index contributed by atoms with van der Waals surface area (Å²) in [6, 6.07) is 5.84. The van der Waals surface area contributed by atoms with Crippen molar-refractivity contribution in [3.05, 3.63) is 29.3 Å². The first-order chi connectivity index (χ1) is 9.49. The van der Waals surface area contributed by atoms with E-state index in [1.807, 2.05) is 0 Å². The molecule has 0 aromatic heterocycles. The Labute approximate surface area is 123 Å². The summed E-state index contributed by atoms with van der Waals surface area (Å²) in [6.45, 7) is 1.60. The molecule has 1 saturated heterocycles. The first-order valence-corrected chi connectivity index (χ1v) is 8.53. The van der Waals surface area contributed by atoms with Crippen molar-refractivity contribution < 1.29 is 13.2 Å². The molecule has 2 amide bonds. The number of urea groups is 1. The lowest BCUT2D eigenvalue weighted by Crippen LogP contribution is -2.39. The number of carbonyl (C=O) groups excluding carboxylic acids is 1. The minimum atomic E-state index is -3.39. The first-order valence-electron chi connectivity index (χ1n) is 6.50. The summed E-state index contributed by atoms with van der Waals surface area (Å²) < 4.78 is 24.1. The van der Waals surface area contributed by atoms with Crippen LogP contribution in [-0.2, 0) is 9.84 Å². The van der Waals surface area contributed by atoms with Gasteiger partial charge in [0.05, 0.1) is 10.6 Å². The Morgan fingerprint density at radius 2 is 1.80 bits per heavy atom. The minimum Gasteiger partial charge on any atom is -0.337 e. The van der Waals surface area contributed by atoms with Crippen molar-refractivity contribution in [1.29, 1.82) is 0 Å². The van der Waals surface area contributed by atoms with Crippen LogP contribution in [0.3, 0.4) is 0 Å². The van der Waals surface area contributed by atoms with E-state index < -0.39 is 9.84 Å². The molecule has 1 heterocycles. The van der Waals surface area contributed by atoms with Gasteiger partial charge in [-0.2, -0.15) is 0 Å². The fraction of sp³-hybridized carbons (Fsp3) is 0.462. The van der Waals surface area contributed by atoms with Gasteiger partial charge in [-0.15, -0.1) is 0 Å². The van der Waals surface area contributed by atoms with Crippen LogP contribution in [0.4, 0.5) is 4.79 Å². The molecule has 20 heavy (non-hydrogen) atoms. The second-order valence-electron chi connectivity index (χ2n) is 4.70. The number of hydrogen-bond donors (Lipinski definition) is 1. The number of hydrogen-bond acceptors (Lipinski definition) is 3. The van der Waals surface area contributed by atoms with E-state index in [2.05, 4.69) is 5.32 Å². The van der Waals surface area contributed by atoms with E-state index in [0.717, 1.165) is 25.9 Å². The van der Waals surface area contributed by atoms with Gasteiger partial charge in [-0.1, -0.05) is 11.6 Å². The standard InChI is InChI=1S/C13H17ClN2O3S/c14-11-3-5-12(6-4-11)20(18,19)10-7-15-13(17)16-8-1-2-9-16/h3-6H,1-2,7-10H2,(H,15,17). The Morgan fingerprint density at radius 3 is 2.40 bits per heavy atom. The Hall–Kier alpha value is -1.27. The molecular formula is C13H17ClN2O3S. The Balaban J connectivity index is 1.86. The van der Waals surface area contributed by atoms with Gasteiger partial charge in [0.2, 0.25) is 0 Å². The summed E-state index contributed by atoms with van der Waals surface area (Å²) in [5.74, 6) is -0.117. The number of rotatable bonds is 4. The third kappa shape index (κ3) is 3.86. The average molecular weight is 317 g/mol. The molecule has 110 valence electrons. The zero-order chi connectivity index (χ0) is 14.6. The van der Waals surface area contributed by atoms with Crippen molar-refractivity contribution in [2.75, 3.05) is 25.4 Å². The molecule has 1 aromatic rings. The molecule has 1 aliphatic rings. The quantitative estimate of drug-likeness (QED) is 0.923. The van der Waals surface area contributed by atoms with E-state index in [4.69, 9.17) is 11.6 Å². The van der Waals surface area contributed by atoms with Crippen molar-refractivity contribution in [2.45, 2.75) is 17.7 Å². The van der Waals surface area contributed by atoms with Gasteiger partial charge in [-0.05, 0) is 37.1 Å². The number of benzene rings is 1. The molecule has 1 aliphatic heterocycles. The highest BCUT2D eigenvalue weighted by Crippen LogP contribution is 2.15. The van der Waals surface area contributed by atoms with E-state index >= 15 is 0 Å². The van der Waals surface area contributed by atoms with Gasteiger partial charge >= 0.3 is 6.03 Å². The molecule has 0 saturated carbocycles. The molecule has 1 fully saturated rings. The molecule has 0 radical (unpaired) electrons. The van der Waals surface area contributed by atoms with Crippen LogP contribution >= 0.6 is 11.6 Å². The van der Waals surface area contributed by atoms with Crippen LogP contribution in [0.1, 0.15) is 12.8 Å². The second kappa shape index (κ2) is 6.45. The normalized spacial score (nSPS) is 15.3. The van der Waals surface area contributed by atoms with Gasteiger partial charge in [-0.3, -0.25) is 0 Å². The number of nitrogens with zero attached hydrogens (tertiary/aromatic N) is 1. The zero-order valence-corrected chi connectivity index (χ0v) is 12.6. The third-order valence-corrected chi connectivity index (χ3v) is 5.20. The van der Waals surface area contributed by atoms with Crippen LogP contribution in [0.25, 0.3) is 0 Å². The predicted octanol–water partition coefficient (Wildman–Crippen LogP) is 1.92. The maximum atomic E-state index is 12.0. The smallest absolute Gasteiger partial charge is 0.317 e. The maximum absolute atomic E-state index is 12.0. The lowest BCUT2D eigenvalue weighted by molar-refractivity contribution is 0.209. The summed E-state index contributed by atoms with van der Waals surface area (Å²) in [7, 11) is -3.39.